The van der Waals surface area contributed by atoms with Gasteiger partial charge in [0.15, 0.2) is 0 Å². The largest absolute Gasteiger partial charge is 0.307 e. The summed E-state index contributed by atoms with van der Waals surface area (Å²) in [6.07, 6.45) is 1.87. The molecule has 6 heteroatoms. The average Bonchev–Trinajstić information content (AvgIpc) is 2.87. The fraction of sp³-hybridized carbons (Fsp3) is 0.312. The number of amides is 1. The normalized spacial score (nSPS) is 13.8. The zero-order valence-corrected chi connectivity index (χ0v) is 13.3. The fourth-order valence-corrected chi connectivity index (χ4v) is 3.76. The molecule has 0 N–H and O–H groups in total. The quantitative estimate of drug-likeness (QED) is 0.624. The lowest BCUT2D eigenvalue weighted by molar-refractivity contribution is -0.385. The number of rotatable bonds is 2. The zero-order chi connectivity index (χ0) is 15.9. The van der Waals surface area contributed by atoms with E-state index in [1.54, 1.807) is 11.8 Å². The van der Waals surface area contributed by atoms with Crippen LogP contribution in [0.1, 0.15) is 32.1 Å². The molecule has 0 fully saturated rings. The van der Waals surface area contributed by atoms with Gasteiger partial charge < -0.3 is 4.90 Å². The second-order valence-corrected chi connectivity index (χ2v) is 6.76. The number of benzene rings is 1. The molecule has 5 nitrogen and oxygen atoms in total. The Morgan fingerprint density at radius 3 is 2.77 bits per heavy atom. The Morgan fingerprint density at radius 1 is 1.32 bits per heavy atom. The number of fused-ring (bicyclic) bond motifs is 1. The van der Waals surface area contributed by atoms with Gasteiger partial charge in [0.2, 0.25) is 0 Å². The minimum absolute atomic E-state index is 0.0227. The highest BCUT2D eigenvalue weighted by atomic mass is 32.1. The molecule has 0 spiro atoms. The van der Waals surface area contributed by atoms with Crippen molar-refractivity contribution >= 4 is 28.6 Å². The molecule has 0 unspecified atom stereocenters. The molecule has 0 aliphatic carbocycles. The molecular weight excluding hydrogens is 300 g/mol. The van der Waals surface area contributed by atoms with Crippen molar-refractivity contribution in [3.05, 3.63) is 55.3 Å². The van der Waals surface area contributed by atoms with Gasteiger partial charge >= 0.3 is 0 Å². The lowest BCUT2D eigenvalue weighted by atomic mass is 9.99. The molecule has 1 aromatic carbocycles. The number of nitro groups is 1. The van der Waals surface area contributed by atoms with Gasteiger partial charge in [-0.25, -0.2) is 0 Å². The van der Waals surface area contributed by atoms with Crippen molar-refractivity contribution in [3.63, 3.8) is 0 Å². The van der Waals surface area contributed by atoms with E-state index < -0.39 is 4.92 Å². The molecule has 2 heterocycles. The summed E-state index contributed by atoms with van der Waals surface area (Å²) >= 11 is 1.19. The lowest BCUT2D eigenvalue weighted by Crippen LogP contribution is -2.35. The summed E-state index contributed by atoms with van der Waals surface area (Å²) in [5.41, 5.74) is 3.29. The van der Waals surface area contributed by atoms with Crippen LogP contribution in [0.2, 0.25) is 0 Å². The van der Waals surface area contributed by atoms with E-state index in [2.05, 4.69) is 6.07 Å². The van der Waals surface area contributed by atoms with Crippen molar-refractivity contribution in [3.8, 4) is 0 Å². The number of carbonyl (C=O) groups excluding carboxylic acids is 1. The van der Waals surface area contributed by atoms with E-state index in [1.165, 1.54) is 28.5 Å². The number of nitrogens with zero attached hydrogens (tertiary/aromatic N) is 2. The highest BCUT2D eigenvalue weighted by Gasteiger charge is 2.27. The maximum atomic E-state index is 12.7. The van der Waals surface area contributed by atoms with Gasteiger partial charge in [0, 0.05) is 18.3 Å². The molecule has 22 heavy (non-hydrogen) atoms. The van der Waals surface area contributed by atoms with Crippen LogP contribution in [0.15, 0.2) is 24.3 Å². The first kappa shape index (κ1) is 14.7. The Labute approximate surface area is 132 Å². The minimum Gasteiger partial charge on any atom is -0.307 e. The molecule has 0 saturated heterocycles. The standard InChI is InChI=1S/C16H16N2O3S/c1-10-5-6-13-12(8-10)4-3-7-17(13)16(19)15-9-14(18(20)21)11(2)22-15/h5-6,8-9H,3-4,7H2,1-2H3. The van der Waals surface area contributed by atoms with Crippen LogP contribution in [-0.2, 0) is 6.42 Å². The van der Waals surface area contributed by atoms with E-state index in [0.717, 1.165) is 18.5 Å². The molecule has 114 valence electrons. The summed E-state index contributed by atoms with van der Waals surface area (Å²) in [5, 5.41) is 11.0. The molecule has 1 amide bonds. The first-order chi connectivity index (χ1) is 10.5. The van der Waals surface area contributed by atoms with Crippen LogP contribution in [0.25, 0.3) is 0 Å². The van der Waals surface area contributed by atoms with Crippen molar-refractivity contribution < 1.29 is 9.72 Å². The van der Waals surface area contributed by atoms with E-state index in [9.17, 15) is 14.9 Å². The second-order valence-electron chi connectivity index (χ2n) is 5.50. The molecule has 2 aromatic rings. The number of thiophene rings is 1. The Morgan fingerprint density at radius 2 is 2.09 bits per heavy atom. The number of carbonyl (C=O) groups is 1. The second kappa shape index (κ2) is 5.53. The van der Waals surface area contributed by atoms with Gasteiger partial charge in [-0.2, -0.15) is 0 Å². The monoisotopic (exact) mass is 316 g/mol. The summed E-state index contributed by atoms with van der Waals surface area (Å²) < 4.78 is 0. The van der Waals surface area contributed by atoms with Gasteiger partial charge in [0.1, 0.15) is 0 Å². The zero-order valence-electron chi connectivity index (χ0n) is 12.5. The van der Waals surface area contributed by atoms with Gasteiger partial charge in [-0.15, -0.1) is 11.3 Å². The summed E-state index contributed by atoms with van der Waals surface area (Å²) in [6, 6.07) is 7.46. The highest BCUT2D eigenvalue weighted by molar-refractivity contribution is 7.14. The summed E-state index contributed by atoms with van der Waals surface area (Å²) in [4.78, 5) is 26.0. The molecule has 1 aliphatic rings. The third-order valence-corrected chi connectivity index (χ3v) is 4.93. The van der Waals surface area contributed by atoms with Crippen LogP contribution in [0.4, 0.5) is 11.4 Å². The molecule has 0 radical (unpaired) electrons. The molecule has 1 aliphatic heterocycles. The van der Waals surface area contributed by atoms with Crippen LogP contribution in [0.3, 0.4) is 0 Å². The summed E-state index contributed by atoms with van der Waals surface area (Å²) in [7, 11) is 0. The van der Waals surface area contributed by atoms with Gasteiger partial charge in [0.25, 0.3) is 11.6 Å². The van der Waals surface area contributed by atoms with Gasteiger partial charge in [0.05, 0.1) is 14.7 Å². The number of aryl methyl sites for hydroxylation is 3. The van der Waals surface area contributed by atoms with Crippen molar-refractivity contribution in [1.82, 2.24) is 0 Å². The summed E-state index contributed by atoms with van der Waals surface area (Å²) in [5.74, 6) is -0.147. The Bertz CT molecular complexity index is 767. The number of hydrogen-bond acceptors (Lipinski definition) is 4. The maximum absolute atomic E-state index is 12.7. The summed E-state index contributed by atoms with van der Waals surface area (Å²) in [6.45, 7) is 4.36. The van der Waals surface area contributed by atoms with E-state index in [-0.39, 0.29) is 11.6 Å². The fourth-order valence-electron chi connectivity index (χ4n) is 2.83. The number of anilines is 1. The predicted octanol–water partition coefficient (Wildman–Crippen LogP) is 3.87. The van der Waals surface area contributed by atoms with Crippen LogP contribution >= 0.6 is 11.3 Å². The topological polar surface area (TPSA) is 63.5 Å². The Kier molecular flexibility index (Phi) is 3.70. The van der Waals surface area contributed by atoms with Gasteiger partial charge in [-0.05, 0) is 38.3 Å². The van der Waals surface area contributed by atoms with Gasteiger partial charge in [-0.3, -0.25) is 14.9 Å². The van der Waals surface area contributed by atoms with E-state index in [4.69, 9.17) is 0 Å². The van der Waals surface area contributed by atoms with Crippen LogP contribution in [0.5, 0.6) is 0 Å². The Balaban J connectivity index is 1.97. The van der Waals surface area contributed by atoms with Crippen molar-refractivity contribution in [2.45, 2.75) is 26.7 Å². The maximum Gasteiger partial charge on any atom is 0.283 e. The first-order valence-electron chi connectivity index (χ1n) is 7.13. The smallest absolute Gasteiger partial charge is 0.283 e. The third kappa shape index (κ3) is 2.50. The van der Waals surface area contributed by atoms with Crippen molar-refractivity contribution in [1.29, 1.82) is 0 Å². The van der Waals surface area contributed by atoms with Crippen molar-refractivity contribution in [2.24, 2.45) is 0 Å². The van der Waals surface area contributed by atoms with Crippen LogP contribution in [-0.4, -0.2) is 17.4 Å². The minimum atomic E-state index is -0.434. The molecular formula is C16H16N2O3S. The lowest BCUT2D eigenvalue weighted by Gasteiger charge is -2.29. The molecule has 3 rings (SSSR count). The van der Waals surface area contributed by atoms with Crippen LogP contribution < -0.4 is 4.90 Å². The highest BCUT2D eigenvalue weighted by Crippen LogP contribution is 2.33. The third-order valence-electron chi connectivity index (χ3n) is 3.90. The first-order valence-corrected chi connectivity index (χ1v) is 7.95. The van der Waals surface area contributed by atoms with Crippen LogP contribution in [0, 0.1) is 24.0 Å². The SMILES string of the molecule is Cc1ccc2c(c1)CCCN2C(=O)c1cc([N+](=O)[O-])c(C)s1. The van der Waals surface area contributed by atoms with E-state index >= 15 is 0 Å². The van der Waals surface area contributed by atoms with Gasteiger partial charge in [-0.1, -0.05) is 17.7 Å². The average molecular weight is 316 g/mol. The molecule has 1 aromatic heterocycles. The van der Waals surface area contributed by atoms with E-state index in [1.807, 2.05) is 19.1 Å². The number of hydrogen-bond donors (Lipinski definition) is 0. The van der Waals surface area contributed by atoms with Crippen molar-refractivity contribution in [2.75, 3.05) is 11.4 Å². The molecule has 0 bridgehead atoms. The van der Waals surface area contributed by atoms with E-state index in [0.29, 0.717) is 16.3 Å². The Hall–Kier alpha value is -2.21. The predicted molar refractivity (Wildman–Crippen MR) is 86.9 cm³/mol. The molecule has 0 saturated carbocycles. The molecule has 0 atom stereocenters.